The molecule has 6 nitrogen and oxygen atoms in total. The van der Waals surface area contributed by atoms with Crippen molar-refractivity contribution in [1.29, 1.82) is 0 Å². The molecule has 3 rings (SSSR count). The number of ether oxygens (including phenoxy) is 1. The standard InChI is InChI=1S/C28H42N4O2/c1-19(2)14-26-29-25(18-34-7)24(17-23-16-21(5)8-9-22(23)6)28(30-26)32-12-10-31(11-13-32)27(33)15-20(3)4/h8-9,16,19-20H,10-15,17-18H2,1-7H3. The van der Waals surface area contributed by atoms with E-state index in [-0.39, 0.29) is 5.91 Å². The van der Waals surface area contributed by atoms with E-state index >= 15 is 0 Å². The first-order chi connectivity index (χ1) is 16.2. The first-order valence-electron chi connectivity index (χ1n) is 12.6. The third-order valence-corrected chi connectivity index (χ3v) is 6.38. The normalized spacial score (nSPS) is 14.4. The Labute approximate surface area is 205 Å². The van der Waals surface area contributed by atoms with Crippen LogP contribution in [-0.2, 0) is 29.0 Å². The number of benzene rings is 1. The minimum atomic E-state index is 0.258. The highest BCUT2D eigenvalue weighted by molar-refractivity contribution is 5.76. The third-order valence-electron chi connectivity index (χ3n) is 6.38. The molecule has 1 aromatic heterocycles. The lowest BCUT2D eigenvalue weighted by Gasteiger charge is -2.37. The first kappa shape index (κ1) is 26.1. The highest BCUT2D eigenvalue weighted by atomic mass is 16.5. The van der Waals surface area contributed by atoms with Crippen molar-refractivity contribution in [3.8, 4) is 0 Å². The van der Waals surface area contributed by atoms with Crippen molar-refractivity contribution in [3.05, 3.63) is 52.0 Å². The Hall–Kier alpha value is -2.47. The summed E-state index contributed by atoms with van der Waals surface area (Å²) < 4.78 is 5.59. The molecule has 0 N–H and O–H groups in total. The number of hydrogen-bond donors (Lipinski definition) is 0. The minimum Gasteiger partial charge on any atom is -0.378 e. The molecule has 0 aliphatic carbocycles. The van der Waals surface area contributed by atoms with Crippen molar-refractivity contribution in [2.75, 3.05) is 38.2 Å². The Morgan fingerprint density at radius 2 is 1.74 bits per heavy atom. The van der Waals surface area contributed by atoms with E-state index in [1.165, 1.54) is 16.7 Å². The predicted octanol–water partition coefficient (Wildman–Crippen LogP) is 4.72. The number of amides is 1. The molecule has 1 aliphatic heterocycles. The molecule has 0 spiro atoms. The van der Waals surface area contributed by atoms with E-state index in [4.69, 9.17) is 14.7 Å². The maximum atomic E-state index is 12.6. The van der Waals surface area contributed by atoms with E-state index in [1.54, 1.807) is 7.11 Å². The number of nitrogens with zero attached hydrogens (tertiary/aromatic N) is 4. The summed E-state index contributed by atoms with van der Waals surface area (Å²) in [4.78, 5) is 27.0. The molecule has 1 aliphatic rings. The Balaban J connectivity index is 1.97. The average molecular weight is 467 g/mol. The van der Waals surface area contributed by atoms with E-state index in [0.29, 0.717) is 24.9 Å². The number of hydrogen-bond acceptors (Lipinski definition) is 5. The predicted molar refractivity (Wildman–Crippen MR) is 138 cm³/mol. The smallest absolute Gasteiger partial charge is 0.222 e. The van der Waals surface area contributed by atoms with Gasteiger partial charge in [-0.25, -0.2) is 9.97 Å². The minimum absolute atomic E-state index is 0.258. The molecule has 2 heterocycles. The number of anilines is 1. The van der Waals surface area contributed by atoms with E-state index in [1.807, 2.05) is 4.90 Å². The number of carbonyl (C=O) groups excluding carboxylic acids is 1. The second-order valence-corrected chi connectivity index (χ2v) is 10.5. The second kappa shape index (κ2) is 11.8. The zero-order valence-electron chi connectivity index (χ0n) is 22.1. The van der Waals surface area contributed by atoms with Crippen molar-refractivity contribution in [3.63, 3.8) is 0 Å². The van der Waals surface area contributed by atoms with Gasteiger partial charge in [-0.2, -0.15) is 0 Å². The molecule has 1 aromatic carbocycles. The molecule has 1 saturated heterocycles. The number of rotatable bonds is 9. The zero-order chi connectivity index (χ0) is 24.8. The maximum absolute atomic E-state index is 12.6. The maximum Gasteiger partial charge on any atom is 0.222 e. The summed E-state index contributed by atoms with van der Waals surface area (Å²) in [6, 6.07) is 6.61. The fourth-order valence-corrected chi connectivity index (χ4v) is 4.55. The highest BCUT2D eigenvalue weighted by Crippen LogP contribution is 2.28. The Bertz CT molecular complexity index is 979. The lowest BCUT2D eigenvalue weighted by atomic mass is 9.97. The Kier molecular flexibility index (Phi) is 9.06. The van der Waals surface area contributed by atoms with Gasteiger partial charge in [0.1, 0.15) is 11.6 Å². The first-order valence-corrected chi connectivity index (χ1v) is 12.6. The molecule has 1 amide bonds. The van der Waals surface area contributed by atoms with Crippen LogP contribution in [-0.4, -0.2) is 54.1 Å². The van der Waals surface area contributed by atoms with Crippen molar-refractivity contribution in [2.45, 2.75) is 67.4 Å². The summed E-state index contributed by atoms with van der Waals surface area (Å²) >= 11 is 0. The van der Waals surface area contributed by atoms with Gasteiger partial charge in [0.15, 0.2) is 0 Å². The van der Waals surface area contributed by atoms with Crippen LogP contribution in [0.1, 0.15) is 67.9 Å². The van der Waals surface area contributed by atoms with Crippen LogP contribution in [0.5, 0.6) is 0 Å². The van der Waals surface area contributed by atoms with Gasteiger partial charge in [-0.15, -0.1) is 0 Å². The molecule has 0 unspecified atom stereocenters. The lowest BCUT2D eigenvalue weighted by molar-refractivity contribution is -0.132. The average Bonchev–Trinajstić information content (AvgIpc) is 2.77. The van der Waals surface area contributed by atoms with Crippen molar-refractivity contribution in [2.24, 2.45) is 11.8 Å². The molecule has 186 valence electrons. The molecule has 2 aromatic rings. The lowest BCUT2D eigenvalue weighted by Crippen LogP contribution is -2.49. The van der Waals surface area contributed by atoms with Crippen LogP contribution >= 0.6 is 0 Å². The van der Waals surface area contributed by atoms with Crippen molar-refractivity contribution < 1.29 is 9.53 Å². The number of aryl methyl sites for hydroxylation is 2. The van der Waals surface area contributed by atoms with E-state index in [0.717, 1.165) is 61.9 Å². The number of methoxy groups -OCH3 is 1. The van der Waals surface area contributed by atoms with Crippen molar-refractivity contribution >= 4 is 11.7 Å². The van der Waals surface area contributed by atoms with Crippen LogP contribution in [0, 0.1) is 25.7 Å². The Morgan fingerprint density at radius 1 is 1.03 bits per heavy atom. The van der Waals surface area contributed by atoms with Crippen LogP contribution in [0.15, 0.2) is 18.2 Å². The summed E-state index contributed by atoms with van der Waals surface area (Å²) in [6.07, 6.45) is 2.22. The molecule has 0 saturated carbocycles. The molecular formula is C28H42N4O2. The quantitative estimate of drug-likeness (QED) is 0.535. The molecule has 34 heavy (non-hydrogen) atoms. The number of carbonyl (C=O) groups is 1. The van der Waals surface area contributed by atoms with Gasteiger partial charge < -0.3 is 14.5 Å². The second-order valence-electron chi connectivity index (χ2n) is 10.5. The fraction of sp³-hybridized carbons (Fsp3) is 0.607. The topological polar surface area (TPSA) is 58.6 Å². The van der Waals surface area contributed by atoms with Crippen LogP contribution < -0.4 is 4.90 Å². The largest absolute Gasteiger partial charge is 0.378 e. The number of piperazine rings is 1. The zero-order valence-corrected chi connectivity index (χ0v) is 22.1. The molecule has 6 heteroatoms. The molecule has 0 atom stereocenters. The van der Waals surface area contributed by atoms with Gasteiger partial charge in [0.05, 0.1) is 12.3 Å². The Morgan fingerprint density at radius 3 is 2.35 bits per heavy atom. The van der Waals surface area contributed by atoms with Gasteiger partial charge in [0.25, 0.3) is 0 Å². The van der Waals surface area contributed by atoms with Gasteiger partial charge in [0, 0.05) is 58.1 Å². The fourth-order valence-electron chi connectivity index (χ4n) is 4.55. The number of aromatic nitrogens is 2. The van der Waals surface area contributed by atoms with E-state index in [2.05, 4.69) is 64.6 Å². The summed E-state index contributed by atoms with van der Waals surface area (Å²) in [5, 5.41) is 0. The van der Waals surface area contributed by atoms with Gasteiger partial charge >= 0.3 is 0 Å². The summed E-state index contributed by atoms with van der Waals surface area (Å²) in [7, 11) is 1.73. The van der Waals surface area contributed by atoms with Gasteiger partial charge in [-0.3, -0.25) is 4.79 Å². The van der Waals surface area contributed by atoms with Crippen LogP contribution in [0.2, 0.25) is 0 Å². The van der Waals surface area contributed by atoms with Gasteiger partial charge in [0.2, 0.25) is 5.91 Å². The molecule has 1 fully saturated rings. The SMILES string of the molecule is COCc1nc(CC(C)C)nc(N2CCN(C(=O)CC(C)C)CC2)c1Cc1cc(C)ccc1C. The molecule has 0 bridgehead atoms. The van der Waals surface area contributed by atoms with E-state index in [9.17, 15) is 4.79 Å². The molecule has 0 radical (unpaired) electrons. The summed E-state index contributed by atoms with van der Waals surface area (Å²) in [6.45, 7) is 16.4. The van der Waals surface area contributed by atoms with E-state index < -0.39 is 0 Å². The highest BCUT2D eigenvalue weighted by Gasteiger charge is 2.26. The summed E-state index contributed by atoms with van der Waals surface area (Å²) in [5.41, 5.74) is 5.94. The van der Waals surface area contributed by atoms with Crippen molar-refractivity contribution in [1.82, 2.24) is 14.9 Å². The monoisotopic (exact) mass is 466 g/mol. The third kappa shape index (κ3) is 6.78. The molecular weight excluding hydrogens is 424 g/mol. The van der Waals surface area contributed by atoms with Crippen LogP contribution in [0.4, 0.5) is 5.82 Å². The van der Waals surface area contributed by atoms with Crippen LogP contribution in [0.25, 0.3) is 0 Å². The van der Waals surface area contributed by atoms with Crippen LogP contribution in [0.3, 0.4) is 0 Å². The van der Waals surface area contributed by atoms with Gasteiger partial charge in [-0.1, -0.05) is 51.5 Å². The van der Waals surface area contributed by atoms with Gasteiger partial charge in [-0.05, 0) is 36.8 Å². The summed E-state index contributed by atoms with van der Waals surface area (Å²) in [5.74, 6) is 2.99.